The fraction of sp³-hybridized carbons (Fsp3) is 0.542. The van der Waals surface area contributed by atoms with E-state index in [0.717, 1.165) is 43.0 Å². The van der Waals surface area contributed by atoms with Crippen LogP contribution in [0.4, 0.5) is 0 Å². The van der Waals surface area contributed by atoms with Crippen molar-refractivity contribution in [2.45, 2.75) is 62.8 Å². The molecule has 150 valence electrons. The van der Waals surface area contributed by atoms with Crippen molar-refractivity contribution in [1.82, 2.24) is 4.98 Å². The van der Waals surface area contributed by atoms with Crippen molar-refractivity contribution in [1.29, 1.82) is 0 Å². The molecule has 2 aromatic rings. The summed E-state index contributed by atoms with van der Waals surface area (Å²) in [6.07, 6.45) is 10.5. The third-order valence-corrected chi connectivity index (χ3v) is 6.82. The van der Waals surface area contributed by atoms with E-state index in [4.69, 9.17) is 10.5 Å². The summed E-state index contributed by atoms with van der Waals surface area (Å²) in [5.74, 6) is 2.12. The normalized spacial score (nSPS) is 26.8. The monoisotopic (exact) mass is 380 g/mol. The molecule has 0 saturated heterocycles. The molecule has 4 heteroatoms. The van der Waals surface area contributed by atoms with Gasteiger partial charge in [0.1, 0.15) is 5.75 Å². The third-order valence-electron chi connectivity index (χ3n) is 6.82. The second-order valence-corrected chi connectivity index (χ2v) is 8.82. The third kappa shape index (κ3) is 4.23. The number of fused-ring (bicyclic) bond motifs is 1. The SMILES string of the molecule is COc1ccnc(CC[C@@H]2CCc3cc([C@H]4CC[C@](N)(CO)C4)ccc3C2)c1. The van der Waals surface area contributed by atoms with Gasteiger partial charge in [0.2, 0.25) is 0 Å². The zero-order chi connectivity index (χ0) is 19.6. The summed E-state index contributed by atoms with van der Waals surface area (Å²) in [6, 6.07) is 11.0. The predicted octanol–water partition coefficient (Wildman–Crippen LogP) is 3.79. The van der Waals surface area contributed by atoms with E-state index in [2.05, 4.69) is 29.2 Å². The van der Waals surface area contributed by atoms with Gasteiger partial charge >= 0.3 is 0 Å². The Balaban J connectivity index is 1.37. The molecule has 3 atom stereocenters. The predicted molar refractivity (Wildman–Crippen MR) is 112 cm³/mol. The van der Waals surface area contributed by atoms with E-state index < -0.39 is 0 Å². The number of aromatic nitrogens is 1. The van der Waals surface area contributed by atoms with Gasteiger partial charge in [0.25, 0.3) is 0 Å². The summed E-state index contributed by atoms with van der Waals surface area (Å²) >= 11 is 0. The maximum absolute atomic E-state index is 9.54. The summed E-state index contributed by atoms with van der Waals surface area (Å²) < 4.78 is 5.30. The van der Waals surface area contributed by atoms with Crippen LogP contribution in [0.25, 0.3) is 0 Å². The molecule has 0 bridgehead atoms. The topological polar surface area (TPSA) is 68.4 Å². The van der Waals surface area contributed by atoms with Crippen LogP contribution in [0, 0.1) is 5.92 Å². The summed E-state index contributed by atoms with van der Waals surface area (Å²) in [5, 5.41) is 9.54. The molecule has 1 saturated carbocycles. The molecule has 4 rings (SSSR count). The highest BCUT2D eigenvalue weighted by Gasteiger charge is 2.36. The Morgan fingerprint density at radius 3 is 2.89 bits per heavy atom. The number of pyridine rings is 1. The van der Waals surface area contributed by atoms with Crippen molar-refractivity contribution in [3.63, 3.8) is 0 Å². The second kappa shape index (κ2) is 8.22. The van der Waals surface area contributed by atoms with Gasteiger partial charge in [0.15, 0.2) is 0 Å². The molecule has 1 fully saturated rings. The van der Waals surface area contributed by atoms with E-state index in [-0.39, 0.29) is 12.1 Å². The first-order valence-electron chi connectivity index (χ1n) is 10.6. The molecular formula is C24H32N2O2. The molecule has 1 aromatic carbocycles. The van der Waals surface area contributed by atoms with Crippen LogP contribution in [-0.4, -0.2) is 29.3 Å². The smallest absolute Gasteiger partial charge is 0.122 e. The van der Waals surface area contributed by atoms with Crippen LogP contribution in [0.1, 0.15) is 60.4 Å². The maximum Gasteiger partial charge on any atom is 0.122 e. The molecule has 4 nitrogen and oxygen atoms in total. The number of aryl methyl sites for hydroxylation is 2. The van der Waals surface area contributed by atoms with Gasteiger partial charge in [-0.15, -0.1) is 0 Å². The van der Waals surface area contributed by atoms with E-state index in [1.807, 2.05) is 12.3 Å². The number of rotatable bonds is 6. The van der Waals surface area contributed by atoms with Gasteiger partial charge in [-0.2, -0.15) is 0 Å². The van der Waals surface area contributed by atoms with Gasteiger partial charge < -0.3 is 15.6 Å². The number of hydrogen-bond donors (Lipinski definition) is 2. The van der Waals surface area contributed by atoms with Crippen molar-refractivity contribution < 1.29 is 9.84 Å². The van der Waals surface area contributed by atoms with Gasteiger partial charge in [0, 0.05) is 23.5 Å². The van der Waals surface area contributed by atoms with Crippen LogP contribution in [0.2, 0.25) is 0 Å². The highest BCUT2D eigenvalue weighted by atomic mass is 16.5. The second-order valence-electron chi connectivity index (χ2n) is 8.82. The Morgan fingerprint density at radius 2 is 2.11 bits per heavy atom. The number of aliphatic hydroxyl groups is 1. The first-order valence-corrected chi connectivity index (χ1v) is 10.6. The lowest BCUT2D eigenvalue weighted by Gasteiger charge is -2.26. The molecule has 0 unspecified atom stereocenters. The summed E-state index contributed by atoms with van der Waals surface area (Å²) in [4.78, 5) is 4.48. The average Bonchev–Trinajstić information content (AvgIpc) is 3.14. The lowest BCUT2D eigenvalue weighted by atomic mass is 9.79. The fourth-order valence-corrected chi connectivity index (χ4v) is 5.01. The van der Waals surface area contributed by atoms with Crippen LogP contribution in [0.5, 0.6) is 5.75 Å². The van der Waals surface area contributed by atoms with Gasteiger partial charge in [0.05, 0.1) is 13.7 Å². The van der Waals surface area contributed by atoms with Crippen LogP contribution < -0.4 is 10.5 Å². The molecule has 28 heavy (non-hydrogen) atoms. The molecule has 2 aliphatic carbocycles. The van der Waals surface area contributed by atoms with Gasteiger partial charge in [-0.3, -0.25) is 4.98 Å². The van der Waals surface area contributed by atoms with Crippen molar-refractivity contribution in [3.05, 3.63) is 58.9 Å². The molecule has 1 aromatic heterocycles. The molecular weight excluding hydrogens is 348 g/mol. The number of nitrogens with two attached hydrogens (primary N) is 1. The van der Waals surface area contributed by atoms with E-state index >= 15 is 0 Å². The Labute approximate surface area is 168 Å². The molecule has 1 heterocycles. The minimum absolute atomic E-state index is 0.0955. The van der Waals surface area contributed by atoms with Gasteiger partial charge in [-0.25, -0.2) is 0 Å². The van der Waals surface area contributed by atoms with E-state index in [1.165, 1.54) is 42.4 Å². The Kier molecular flexibility index (Phi) is 5.70. The molecule has 3 N–H and O–H groups in total. The zero-order valence-corrected chi connectivity index (χ0v) is 16.9. The van der Waals surface area contributed by atoms with Crippen LogP contribution in [-0.2, 0) is 19.3 Å². The summed E-state index contributed by atoms with van der Waals surface area (Å²) in [5.41, 5.74) is 11.5. The van der Waals surface area contributed by atoms with Crippen molar-refractivity contribution in [3.8, 4) is 5.75 Å². The van der Waals surface area contributed by atoms with E-state index in [0.29, 0.717) is 5.92 Å². The number of ether oxygens (including phenoxy) is 1. The van der Waals surface area contributed by atoms with Crippen molar-refractivity contribution >= 4 is 0 Å². The number of nitrogens with zero attached hydrogens (tertiary/aromatic N) is 1. The Hall–Kier alpha value is -1.91. The van der Waals surface area contributed by atoms with Crippen molar-refractivity contribution in [2.24, 2.45) is 11.7 Å². The summed E-state index contributed by atoms with van der Waals surface area (Å²) in [6.45, 7) is 0.0955. The minimum atomic E-state index is -0.375. The van der Waals surface area contributed by atoms with E-state index in [1.54, 1.807) is 7.11 Å². The standard InChI is InChI=1S/C24H32N2O2/c1-28-23-9-11-26-22(14-23)7-3-17-2-4-19-13-20(6-5-18(19)12-17)21-8-10-24(25,15-21)16-27/h5-6,9,11,13-14,17,21,27H,2-4,7-8,10,12,15-16,25H2,1H3/t17-,21-,24+/m0/s1. The quantitative estimate of drug-likeness (QED) is 0.800. The van der Waals surface area contributed by atoms with Crippen LogP contribution >= 0.6 is 0 Å². The van der Waals surface area contributed by atoms with Gasteiger partial charge in [-0.1, -0.05) is 18.2 Å². The summed E-state index contributed by atoms with van der Waals surface area (Å²) in [7, 11) is 1.70. The van der Waals surface area contributed by atoms with Gasteiger partial charge in [-0.05, 0) is 86.0 Å². The number of hydrogen-bond acceptors (Lipinski definition) is 4. The molecule has 0 spiro atoms. The largest absolute Gasteiger partial charge is 0.497 e. The average molecular weight is 381 g/mol. The van der Waals surface area contributed by atoms with Crippen LogP contribution in [0.3, 0.4) is 0 Å². The first kappa shape index (κ1) is 19.4. The van der Waals surface area contributed by atoms with Crippen LogP contribution in [0.15, 0.2) is 36.5 Å². The lowest BCUT2D eigenvalue weighted by Crippen LogP contribution is -2.40. The molecule has 0 amide bonds. The molecule has 0 radical (unpaired) electrons. The van der Waals surface area contributed by atoms with E-state index in [9.17, 15) is 5.11 Å². The number of benzene rings is 1. The number of methoxy groups -OCH3 is 1. The Morgan fingerprint density at radius 1 is 1.21 bits per heavy atom. The highest BCUT2D eigenvalue weighted by Crippen LogP contribution is 2.40. The zero-order valence-electron chi connectivity index (χ0n) is 16.9. The minimum Gasteiger partial charge on any atom is -0.497 e. The Bertz CT molecular complexity index is 822. The molecule has 2 aliphatic rings. The fourth-order valence-electron chi connectivity index (χ4n) is 5.01. The first-order chi connectivity index (χ1) is 13.6. The maximum atomic E-state index is 9.54. The lowest BCUT2D eigenvalue weighted by molar-refractivity contribution is 0.198. The molecule has 0 aliphatic heterocycles. The van der Waals surface area contributed by atoms with Crippen molar-refractivity contribution in [2.75, 3.05) is 13.7 Å². The highest BCUT2D eigenvalue weighted by molar-refractivity contribution is 5.36. The number of aliphatic hydroxyl groups excluding tert-OH is 1.